The first-order valence-electron chi connectivity index (χ1n) is 6.65. The zero-order valence-corrected chi connectivity index (χ0v) is 11.4. The molecule has 1 aromatic heterocycles. The van der Waals surface area contributed by atoms with Gasteiger partial charge < -0.3 is 14.8 Å². The predicted octanol–water partition coefficient (Wildman–Crippen LogP) is 2.09. The molecule has 4 nitrogen and oxygen atoms in total. The molecule has 0 amide bonds. The van der Waals surface area contributed by atoms with Gasteiger partial charge in [0.2, 0.25) is 5.88 Å². The van der Waals surface area contributed by atoms with Gasteiger partial charge in [-0.25, -0.2) is 4.98 Å². The molecule has 4 heteroatoms. The van der Waals surface area contributed by atoms with E-state index in [1.165, 1.54) is 5.56 Å². The largest absolute Gasteiger partial charge is 0.469 e. The topological polar surface area (TPSA) is 43.4 Å². The number of ether oxygens (including phenoxy) is 2. The number of rotatable bonds is 6. The molecular formula is C14H22N2O2. The van der Waals surface area contributed by atoms with Gasteiger partial charge in [-0.05, 0) is 24.1 Å². The van der Waals surface area contributed by atoms with Gasteiger partial charge in [0.15, 0.2) is 0 Å². The molecule has 0 saturated carbocycles. The molecule has 18 heavy (non-hydrogen) atoms. The Morgan fingerprint density at radius 1 is 1.44 bits per heavy atom. The van der Waals surface area contributed by atoms with Crippen molar-refractivity contribution in [3.05, 3.63) is 23.4 Å². The minimum Gasteiger partial charge on any atom is -0.469 e. The lowest BCUT2D eigenvalue weighted by molar-refractivity contribution is -0.0814. The van der Waals surface area contributed by atoms with Crippen LogP contribution < -0.4 is 10.1 Å². The van der Waals surface area contributed by atoms with Crippen LogP contribution in [0.2, 0.25) is 0 Å². The standard InChI is InChI=1S/C14H22N2O2/c1-4-15-7-11-5-13(10(2)3)16-14(6-11)18-12-8-17-9-12/h5-6,10,12,15H,4,7-9H2,1-3H3. The van der Waals surface area contributed by atoms with Crippen LogP contribution in [-0.2, 0) is 11.3 Å². The van der Waals surface area contributed by atoms with Gasteiger partial charge in [-0.3, -0.25) is 0 Å². The minimum absolute atomic E-state index is 0.173. The number of aromatic nitrogens is 1. The lowest BCUT2D eigenvalue weighted by Crippen LogP contribution is -2.38. The maximum atomic E-state index is 5.80. The van der Waals surface area contributed by atoms with Crippen molar-refractivity contribution < 1.29 is 9.47 Å². The molecule has 0 bridgehead atoms. The third kappa shape index (κ3) is 3.43. The first kappa shape index (κ1) is 13.3. The van der Waals surface area contributed by atoms with Crippen LogP contribution in [0.15, 0.2) is 12.1 Å². The Labute approximate surface area is 109 Å². The summed E-state index contributed by atoms with van der Waals surface area (Å²) in [6.07, 6.45) is 0.173. The highest BCUT2D eigenvalue weighted by Gasteiger charge is 2.21. The average molecular weight is 250 g/mol. The third-order valence-corrected chi connectivity index (χ3v) is 2.95. The average Bonchev–Trinajstić information content (AvgIpc) is 2.31. The molecule has 0 spiro atoms. The third-order valence-electron chi connectivity index (χ3n) is 2.95. The fraction of sp³-hybridized carbons (Fsp3) is 0.643. The minimum atomic E-state index is 0.173. The molecule has 1 aromatic rings. The van der Waals surface area contributed by atoms with Gasteiger partial charge in [0.05, 0.1) is 13.2 Å². The van der Waals surface area contributed by atoms with Crippen LogP contribution in [0.5, 0.6) is 5.88 Å². The maximum Gasteiger partial charge on any atom is 0.214 e. The Bertz CT molecular complexity index is 389. The SMILES string of the molecule is CCNCc1cc(OC2COC2)nc(C(C)C)c1. The van der Waals surface area contributed by atoms with E-state index in [1.807, 2.05) is 6.07 Å². The van der Waals surface area contributed by atoms with E-state index in [1.54, 1.807) is 0 Å². The van der Waals surface area contributed by atoms with Gasteiger partial charge in [-0.15, -0.1) is 0 Å². The monoisotopic (exact) mass is 250 g/mol. The van der Waals surface area contributed by atoms with Crippen LogP contribution in [-0.4, -0.2) is 30.8 Å². The Kier molecular flexibility index (Phi) is 4.55. The Hall–Kier alpha value is -1.13. The van der Waals surface area contributed by atoms with E-state index in [0.717, 1.165) is 24.7 Å². The van der Waals surface area contributed by atoms with Crippen molar-refractivity contribution in [1.82, 2.24) is 10.3 Å². The van der Waals surface area contributed by atoms with Crippen molar-refractivity contribution in [3.63, 3.8) is 0 Å². The van der Waals surface area contributed by atoms with Crippen LogP contribution in [0.25, 0.3) is 0 Å². The van der Waals surface area contributed by atoms with Crippen LogP contribution >= 0.6 is 0 Å². The zero-order valence-electron chi connectivity index (χ0n) is 11.4. The van der Waals surface area contributed by atoms with E-state index in [-0.39, 0.29) is 6.10 Å². The summed E-state index contributed by atoms with van der Waals surface area (Å²) in [4.78, 5) is 4.56. The fourth-order valence-electron chi connectivity index (χ4n) is 1.76. The quantitative estimate of drug-likeness (QED) is 0.839. The molecule has 0 aromatic carbocycles. The predicted molar refractivity (Wildman–Crippen MR) is 70.9 cm³/mol. The van der Waals surface area contributed by atoms with Gasteiger partial charge in [0.1, 0.15) is 6.10 Å². The normalized spacial score (nSPS) is 15.8. The highest BCUT2D eigenvalue weighted by atomic mass is 16.6. The number of pyridine rings is 1. The molecular weight excluding hydrogens is 228 g/mol. The van der Waals surface area contributed by atoms with Crippen molar-refractivity contribution in [2.24, 2.45) is 0 Å². The van der Waals surface area contributed by atoms with Crippen LogP contribution in [0.3, 0.4) is 0 Å². The maximum absolute atomic E-state index is 5.80. The molecule has 1 aliphatic heterocycles. The molecule has 0 atom stereocenters. The van der Waals surface area contributed by atoms with Crippen LogP contribution in [0.1, 0.15) is 37.9 Å². The molecule has 100 valence electrons. The highest BCUT2D eigenvalue weighted by Crippen LogP contribution is 2.21. The second-order valence-corrected chi connectivity index (χ2v) is 4.95. The second kappa shape index (κ2) is 6.16. The van der Waals surface area contributed by atoms with Gasteiger partial charge in [-0.2, -0.15) is 0 Å². The lowest BCUT2D eigenvalue weighted by Gasteiger charge is -2.26. The summed E-state index contributed by atoms with van der Waals surface area (Å²) in [7, 11) is 0. The van der Waals surface area contributed by atoms with Crippen molar-refractivity contribution in [1.29, 1.82) is 0 Å². The van der Waals surface area contributed by atoms with E-state index >= 15 is 0 Å². The highest BCUT2D eigenvalue weighted by molar-refractivity contribution is 5.27. The molecule has 1 saturated heterocycles. The molecule has 0 radical (unpaired) electrons. The summed E-state index contributed by atoms with van der Waals surface area (Å²) >= 11 is 0. The second-order valence-electron chi connectivity index (χ2n) is 4.95. The smallest absolute Gasteiger partial charge is 0.214 e. The van der Waals surface area contributed by atoms with E-state index < -0.39 is 0 Å². The first-order valence-corrected chi connectivity index (χ1v) is 6.65. The molecule has 2 heterocycles. The number of hydrogen-bond donors (Lipinski definition) is 1. The van der Waals surface area contributed by atoms with Gasteiger partial charge in [-0.1, -0.05) is 20.8 Å². The Morgan fingerprint density at radius 3 is 2.78 bits per heavy atom. The van der Waals surface area contributed by atoms with Crippen LogP contribution in [0, 0.1) is 0 Å². The summed E-state index contributed by atoms with van der Waals surface area (Å²) in [6.45, 7) is 9.58. The van der Waals surface area contributed by atoms with Crippen molar-refractivity contribution >= 4 is 0 Å². The lowest BCUT2D eigenvalue weighted by atomic mass is 10.1. The van der Waals surface area contributed by atoms with Gasteiger partial charge >= 0.3 is 0 Å². The van der Waals surface area contributed by atoms with Crippen molar-refractivity contribution in [2.45, 2.75) is 39.3 Å². The Balaban J connectivity index is 2.12. The summed E-state index contributed by atoms with van der Waals surface area (Å²) in [5.41, 5.74) is 2.31. The summed E-state index contributed by atoms with van der Waals surface area (Å²) < 4.78 is 10.9. The Morgan fingerprint density at radius 2 is 2.22 bits per heavy atom. The molecule has 1 N–H and O–H groups in total. The summed E-state index contributed by atoms with van der Waals surface area (Å²) in [5, 5.41) is 3.33. The van der Waals surface area contributed by atoms with Crippen molar-refractivity contribution in [2.75, 3.05) is 19.8 Å². The molecule has 0 aliphatic carbocycles. The van der Waals surface area contributed by atoms with E-state index in [2.05, 4.69) is 37.1 Å². The molecule has 2 rings (SSSR count). The van der Waals surface area contributed by atoms with Gasteiger partial charge in [0, 0.05) is 18.3 Å². The van der Waals surface area contributed by atoms with E-state index in [0.29, 0.717) is 19.1 Å². The summed E-state index contributed by atoms with van der Waals surface area (Å²) in [6, 6.07) is 4.17. The van der Waals surface area contributed by atoms with Crippen LogP contribution in [0.4, 0.5) is 0 Å². The zero-order chi connectivity index (χ0) is 13.0. The first-order chi connectivity index (χ1) is 8.69. The molecule has 1 fully saturated rings. The number of nitrogens with zero attached hydrogens (tertiary/aromatic N) is 1. The number of hydrogen-bond acceptors (Lipinski definition) is 4. The van der Waals surface area contributed by atoms with E-state index in [9.17, 15) is 0 Å². The van der Waals surface area contributed by atoms with Crippen molar-refractivity contribution in [3.8, 4) is 5.88 Å². The van der Waals surface area contributed by atoms with E-state index in [4.69, 9.17) is 9.47 Å². The van der Waals surface area contributed by atoms with Gasteiger partial charge in [0.25, 0.3) is 0 Å². The fourth-order valence-corrected chi connectivity index (χ4v) is 1.76. The summed E-state index contributed by atoms with van der Waals surface area (Å²) in [5.74, 6) is 1.13. The number of nitrogens with one attached hydrogen (secondary N) is 1. The molecule has 0 unspecified atom stereocenters. The molecule has 1 aliphatic rings.